The molecule has 0 radical (unpaired) electrons. The molecule has 20 heavy (non-hydrogen) atoms. The first kappa shape index (κ1) is 18.9. The van der Waals surface area contributed by atoms with Crippen LogP contribution >= 0.6 is 0 Å². The molecule has 0 bridgehead atoms. The molecular weight excluding hydrogens is 258 g/mol. The molecule has 118 valence electrons. The van der Waals surface area contributed by atoms with Crippen molar-refractivity contribution < 1.29 is 14.7 Å². The van der Waals surface area contributed by atoms with Gasteiger partial charge in [-0.2, -0.15) is 0 Å². The fraction of sp³-hybridized carbons (Fsp3) is 0.857. The zero-order chi connectivity index (χ0) is 15.7. The Morgan fingerprint density at radius 2 is 1.75 bits per heavy atom. The molecule has 0 fully saturated rings. The Hall–Kier alpha value is -1.14. The van der Waals surface area contributed by atoms with Gasteiger partial charge in [-0.3, -0.25) is 14.5 Å². The molecular formula is C14H29N3O3. The van der Waals surface area contributed by atoms with E-state index in [0.29, 0.717) is 13.1 Å². The van der Waals surface area contributed by atoms with Crippen LogP contribution in [0.1, 0.15) is 34.6 Å². The van der Waals surface area contributed by atoms with Gasteiger partial charge in [-0.05, 0) is 34.6 Å². The standard InChI is InChI=1S/C14H29N3O3/c1-6-16(9-13(19)15-11(2)3)14(20)10-17(7-8-18)12(4)5/h11-12,18H,6-10H2,1-5H3,(H,15,19). The van der Waals surface area contributed by atoms with E-state index in [-0.39, 0.29) is 43.6 Å². The summed E-state index contributed by atoms with van der Waals surface area (Å²) in [5, 5.41) is 11.8. The van der Waals surface area contributed by atoms with Crippen LogP contribution in [0.4, 0.5) is 0 Å². The van der Waals surface area contributed by atoms with Crippen molar-refractivity contribution in [2.75, 3.05) is 32.8 Å². The topological polar surface area (TPSA) is 72.9 Å². The lowest BCUT2D eigenvalue weighted by Gasteiger charge is -2.28. The number of hydrogen-bond acceptors (Lipinski definition) is 4. The zero-order valence-electron chi connectivity index (χ0n) is 13.3. The molecule has 6 nitrogen and oxygen atoms in total. The molecule has 0 aromatic rings. The lowest BCUT2D eigenvalue weighted by Crippen LogP contribution is -2.47. The minimum atomic E-state index is -0.145. The fourth-order valence-corrected chi connectivity index (χ4v) is 1.84. The van der Waals surface area contributed by atoms with Crippen LogP contribution in [-0.4, -0.2) is 71.6 Å². The van der Waals surface area contributed by atoms with Crippen LogP contribution in [-0.2, 0) is 9.59 Å². The molecule has 0 saturated carbocycles. The summed E-state index contributed by atoms with van der Waals surface area (Å²) >= 11 is 0. The smallest absolute Gasteiger partial charge is 0.239 e. The first-order valence-corrected chi connectivity index (χ1v) is 7.23. The maximum Gasteiger partial charge on any atom is 0.239 e. The molecule has 0 rings (SSSR count). The lowest BCUT2D eigenvalue weighted by atomic mass is 10.3. The van der Waals surface area contributed by atoms with E-state index in [1.165, 1.54) is 4.90 Å². The lowest BCUT2D eigenvalue weighted by molar-refractivity contribution is -0.137. The molecule has 0 saturated heterocycles. The van der Waals surface area contributed by atoms with E-state index in [1.807, 2.05) is 39.5 Å². The molecule has 0 aliphatic rings. The van der Waals surface area contributed by atoms with Crippen molar-refractivity contribution >= 4 is 11.8 Å². The summed E-state index contributed by atoms with van der Waals surface area (Å²) in [6.07, 6.45) is 0. The largest absolute Gasteiger partial charge is 0.395 e. The van der Waals surface area contributed by atoms with Crippen LogP contribution in [0.25, 0.3) is 0 Å². The average Bonchev–Trinajstić information content (AvgIpc) is 2.34. The predicted octanol–water partition coefficient (Wildman–Crippen LogP) is 0.0622. The summed E-state index contributed by atoms with van der Waals surface area (Å²) < 4.78 is 0. The van der Waals surface area contributed by atoms with E-state index in [4.69, 9.17) is 5.11 Å². The van der Waals surface area contributed by atoms with Gasteiger partial charge in [0.1, 0.15) is 0 Å². The first-order chi connectivity index (χ1) is 9.31. The summed E-state index contributed by atoms with van der Waals surface area (Å²) in [6, 6.07) is 0.243. The van der Waals surface area contributed by atoms with Crippen LogP contribution in [0.5, 0.6) is 0 Å². The van der Waals surface area contributed by atoms with Gasteiger partial charge < -0.3 is 15.3 Å². The summed E-state index contributed by atoms with van der Waals surface area (Å²) in [5.41, 5.74) is 0. The van der Waals surface area contributed by atoms with Gasteiger partial charge in [0.05, 0.1) is 19.7 Å². The molecule has 0 aliphatic carbocycles. The van der Waals surface area contributed by atoms with Crippen LogP contribution < -0.4 is 5.32 Å². The number of rotatable bonds is 9. The third-order valence-electron chi connectivity index (χ3n) is 2.97. The van der Waals surface area contributed by atoms with Gasteiger partial charge in [0, 0.05) is 25.2 Å². The van der Waals surface area contributed by atoms with Gasteiger partial charge >= 0.3 is 0 Å². The summed E-state index contributed by atoms with van der Waals surface area (Å²) in [5.74, 6) is -0.234. The van der Waals surface area contributed by atoms with Gasteiger partial charge in [0.15, 0.2) is 0 Å². The maximum absolute atomic E-state index is 12.2. The number of carbonyl (C=O) groups is 2. The van der Waals surface area contributed by atoms with E-state index >= 15 is 0 Å². The average molecular weight is 287 g/mol. The highest BCUT2D eigenvalue weighted by molar-refractivity contribution is 5.85. The zero-order valence-corrected chi connectivity index (χ0v) is 13.3. The predicted molar refractivity (Wildman–Crippen MR) is 79.3 cm³/mol. The molecule has 0 spiro atoms. The Balaban J connectivity index is 4.49. The fourth-order valence-electron chi connectivity index (χ4n) is 1.84. The molecule has 0 aromatic carbocycles. The first-order valence-electron chi connectivity index (χ1n) is 7.23. The molecule has 2 amide bonds. The van der Waals surface area contributed by atoms with E-state index in [9.17, 15) is 9.59 Å². The van der Waals surface area contributed by atoms with Crippen molar-refractivity contribution in [1.29, 1.82) is 0 Å². The Labute approximate surface area is 122 Å². The van der Waals surface area contributed by atoms with E-state index in [2.05, 4.69) is 5.32 Å². The highest BCUT2D eigenvalue weighted by Crippen LogP contribution is 2.00. The third kappa shape index (κ3) is 7.45. The molecule has 2 N–H and O–H groups in total. The van der Waals surface area contributed by atoms with E-state index in [0.717, 1.165) is 0 Å². The van der Waals surface area contributed by atoms with E-state index in [1.54, 1.807) is 0 Å². The number of aliphatic hydroxyl groups is 1. The quantitative estimate of drug-likeness (QED) is 0.629. The van der Waals surface area contributed by atoms with Crippen molar-refractivity contribution in [3.05, 3.63) is 0 Å². The van der Waals surface area contributed by atoms with Crippen molar-refractivity contribution in [3.63, 3.8) is 0 Å². The summed E-state index contributed by atoms with van der Waals surface area (Å²) in [7, 11) is 0. The molecule has 0 unspecified atom stereocenters. The minimum absolute atomic E-state index is 0.0193. The highest BCUT2D eigenvalue weighted by atomic mass is 16.3. The number of likely N-dealkylation sites (N-methyl/N-ethyl adjacent to an activating group) is 1. The number of carbonyl (C=O) groups excluding carboxylic acids is 2. The highest BCUT2D eigenvalue weighted by Gasteiger charge is 2.20. The monoisotopic (exact) mass is 287 g/mol. The Morgan fingerprint density at radius 3 is 2.15 bits per heavy atom. The SMILES string of the molecule is CCN(CC(=O)NC(C)C)C(=O)CN(CCO)C(C)C. The van der Waals surface area contributed by atoms with Gasteiger partial charge in [0.25, 0.3) is 0 Å². The van der Waals surface area contributed by atoms with Crippen molar-refractivity contribution in [2.45, 2.75) is 46.7 Å². The van der Waals surface area contributed by atoms with Gasteiger partial charge in [-0.1, -0.05) is 0 Å². The molecule has 6 heteroatoms. The van der Waals surface area contributed by atoms with Gasteiger partial charge in [-0.15, -0.1) is 0 Å². The van der Waals surface area contributed by atoms with Gasteiger partial charge in [0.2, 0.25) is 11.8 Å². The second-order valence-corrected chi connectivity index (χ2v) is 5.42. The van der Waals surface area contributed by atoms with Crippen LogP contribution in [0.15, 0.2) is 0 Å². The van der Waals surface area contributed by atoms with Crippen LogP contribution in [0.3, 0.4) is 0 Å². The number of nitrogens with zero attached hydrogens (tertiary/aromatic N) is 2. The number of amides is 2. The normalized spacial score (nSPS) is 11.2. The van der Waals surface area contributed by atoms with Gasteiger partial charge in [-0.25, -0.2) is 0 Å². The molecule has 0 aliphatic heterocycles. The minimum Gasteiger partial charge on any atom is -0.395 e. The summed E-state index contributed by atoms with van der Waals surface area (Å²) in [4.78, 5) is 27.3. The number of nitrogens with one attached hydrogen (secondary N) is 1. The second kappa shape index (κ2) is 9.72. The van der Waals surface area contributed by atoms with Crippen molar-refractivity contribution in [3.8, 4) is 0 Å². The molecule has 0 aromatic heterocycles. The Kier molecular flexibility index (Phi) is 9.16. The van der Waals surface area contributed by atoms with Crippen LogP contribution in [0, 0.1) is 0 Å². The second-order valence-electron chi connectivity index (χ2n) is 5.42. The Bertz CT molecular complexity index is 306. The summed E-state index contributed by atoms with van der Waals surface area (Å²) in [6.45, 7) is 10.9. The number of hydrogen-bond donors (Lipinski definition) is 2. The van der Waals surface area contributed by atoms with E-state index < -0.39 is 0 Å². The third-order valence-corrected chi connectivity index (χ3v) is 2.97. The van der Waals surface area contributed by atoms with Crippen molar-refractivity contribution in [1.82, 2.24) is 15.1 Å². The molecule has 0 atom stereocenters. The maximum atomic E-state index is 12.2. The Morgan fingerprint density at radius 1 is 1.15 bits per heavy atom. The van der Waals surface area contributed by atoms with Crippen LogP contribution in [0.2, 0.25) is 0 Å². The van der Waals surface area contributed by atoms with Crippen molar-refractivity contribution in [2.24, 2.45) is 0 Å². The number of aliphatic hydroxyl groups excluding tert-OH is 1. The molecule has 0 heterocycles.